The zero-order chi connectivity index (χ0) is 18.2. The highest BCUT2D eigenvalue weighted by atomic mass is 16.6. The number of hydrogen-bond donors (Lipinski definition) is 2. The zero-order valence-corrected chi connectivity index (χ0v) is 15.1. The monoisotopic (exact) mass is 336 g/mol. The summed E-state index contributed by atoms with van der Waals surface area (Å²) in [6.07, 6.45) is 0.155. The Labute approximate surface area is 143 Å². The molecule has 2 atom stereocenters. The summed E-state index contributed by atoms with van der Waals surface area (Å²) in [7, 11) is 1.36. The fourth-order valence-corrected chi connectivity index (χ4v) is 2.16. The summed E-state index contributed by atoms with van der Waals surface area (Å²) < 4.78 is 10.0. The van der Waals surface area contributed by atoms with Crippen LogP contribution in [0.1, 0.15) is 45.7 Å². The second-order valence-corrected chi connectivity index (χ2v) is 6.60. The molecule has 0 aliphatic carbocycles. The second-order valence-electron chi connectivity index (χ2n) is 6.60. The average Bonchev–Trinajstić information content (AvgIpc) is 2.52. The van der Waals surface area contributed by atoms with Crippen LogP contribution in [0.4, 0.5) is 4.79 Å². The second kappa shape index (κ2) is 9.27. The number of methoxy groups -OCH3 is 1. The van der Waals surface area contributed by atoms with Gasteiger partial charge in [-0.05, 0) is 46.2 Å². The van der Waals surface area contributed by atoms with E-state index in [9.17, 15) is 9.59 Å². The Morgan fingerprint density at radius 3 is 2.33 bits per heavy atom. The molecular formula is C18H28N2O4. The quantitative estimate of drug-likeness (QED) is 0.749. The Morgan fingerprint density at radius 1 is 1.17 bits per heavy atom. The van der Waals surface area contributed by atoms with Crippen LogP contribution in [0.25, 0.3) is 0 Å². The van der Waals surface area contributed by atoms with Crippen LogP contribution in [0.2, 0.25) is 0 Å². The van der Waals surface area contributed by atoms with Gasteiger partial charge in [0.1, 0.15) is 11.6 Å². The molecule has 2 N–H and O–H groups in total. The van der Waals surface area contributed by atoms with Crippen LogP contribution < -0.4 is 10.6 Å². The van der Waals surface area contributed by atoms with Crippen molar-refractivity contribution in [3.63, 3.8) is 0 Å². The van der Waals surface area contributed by atoms with E-state index in [4.69, 9.17) is 4.74 Å². The maximum atomic E-state index is 12.1. The van der Waals surface area contributed by atoms with Gasteiger partial charge in [-0.25, -0.2) is 4.79 Å². The molecule has 6 heteroatoms. The summed E-state index contributed by atoms with van der Waals surface area (Å²) in [5.74, 6) is -0.314. The summed E-state index contributed by atoms with van der Waals surface area (Å²) in [6.45, 7) is 7.76. The lowest BCUT2D eigenvalue weighted by molar-refractivity contribution is -0.142. The van der Waals surface area contributed by atoms with Crippen molar-refractivity contribution < 1.29 is 19.1 Å². The molecule has 0 saturated heterocycles. The number of amides is 1. The summed E-state index contributed by atoms with van der Waals surface area (Å²) in [5, 5.41) is 5.98. The van der Waals surface area contributed by atoms with Crippen molar-refractivity contribution in [3.05, 3.63) is 35.9 Å². The van der Waals surface area contributed by atoms with Gasteiger partial charge in [0, 0.05) is 0 Å². The average molecular weight is 336 g/mol. The molecule has 0 radical (unpaired) electrons. The van der Waals surface area contributed by atoms with Crippen molar-refractivity contribution in [1.29, 1.82) is 0 Å². The molecule has 1 aromatic carbocycles. The standard InChI is InChI=1S/C18H28N2O4/c1-13(16(21)23-5)19-12-11-15(14-9-7-6-8-10-14)20-17(22)24-18(2,3)4/h6-10,13,15,19H,11-12H2,1-5H3,(H,20,22). The van der Waals surface area contributed by atoms with E-state index in [-0.39, 0.29) is 12.0 Å². The van der Waals surface area contributed by atoms with Crippen LogP contribution in [-0.4, -0.2) is 37.4 Å². The molecule has 24 heavy (non-hydrogen) atoms. The van der Waals surface area contributed by atoms with Crippen molar-refractivity contribution in [2.45, 2.75) is 51.8 Å². The maximum absolute atomic E-state index is 12.1. The lowest BCUT2D eigenvalue weighted by atomic mass is 10.0. The molecule has 0 spiro atoms. The first-order valence-corrected chi connectivity index (χ1v) is 8.08. The highest BCUT2D eigenvalue weighted by Crippen LogP contribution is 2.17. The SMILES string of the molecule is COC(=O)C(C)NCCC(NC(=O)OC(C)(C)C)c1ccccc1. The normalized spacial score (nSPS) is 13.7. The van der Waals surface area contributed by atoms with Crippen molar-refractivity contribution in [2.75, 3.05) is 13.7 Å². The van der Waals surface area contributed by atoms with Gasteiger partial charge in [0.25, 0.3) is 0 Å². The van der Waals surface area contributed by atoms with Gasteiger partial charge in [0.15, 0.2) is 0 Å². The first-order chi connectivity index (χ1) is 11.2. The fraction of sp³-hybridized carbons (Fsp3) is 0.556. The number of carbonyl (C=O) groups excluding carboxylic acids is 2. The maximum Gasteiger partial charge on any atom is 0.408 e. The first-order valence-electron chi connectivity index (χ1n) is 8.08. The van der Waals surface area contributed by atoms with Crippen LogP contribution in [0.5, 0.6) is 0 Å². The van der Waals surface area contributed by atoms with E-state index >= 15 is 0 Å². The summed E-state index contributed by atoms with van der Waals surface area (Å²) in [5.41, 5.74) is 0.430. The van der Waals surface area contributed by atoms with Gasteiger partial charge in [-0.3, -0.25) is 4.79 Å². The third-order valence-corrected chi connectivity index (χ3v) is 3.33. The molecule has 1 rings (SSSR count). The van der Waals surface area contributed by atoms with Gasteiger partial charge in [0.2, 0.25) is 0 Å². The highest BCUT2D eigenvalue weighted by Gasteiger charge is 2.21. The van der Waals surface area contributed by atoms with Gasteiger partial charge in [-0.15, -0.1) is 0 Å². The number of rotatable bonds is 7. The van der Waals surface area contributed by atoms with Gasteiger partial charge in [-0.2, -0.15) is 0 Å². The molecule has 0 fully saturated rings. The number of carbonyl (C=O) groups is 2. The Bertz CT molecular complexity index is 526. The fourth-order valence-electron chi connectivity index (χ4n) is 2.16. The number of alkyl carbamates (subject to hydrolysis) is 1. The van der Waals surface area contributed by atoms with Crippen molar-refractivity contribution in [3.8, 4) is 0 Å². The van der Waals surface area contributed by atoms with Gasteiger partial charge >= 0.3 is 12.1 Å². The minimum absolute atomic E-state index is 0.210. The van der Waals surface area contributed by atoms with Gasteiger partial charge < -0.3 is 20.1 Å². The van der Waals surface area contributed by atoms with Crippen molar-refractivity contribution in [2.24, 2.45) is 0 Å². The largest absolute Gasteiger partial charge is 0.468 e. The molecule has 1 amide bonds. The third-order valence-electron chi connectivity index (χ3n) is 3.33. The number of benzene rings is 1. The van der Waals surface area contributed by atoms with E-state index in [0.717, 1.165) is 5.56 Å². The Balaban J connectivity index is 2.66. The predicted octanol–water partition coefficient (Wildman–Crippen LogP) is 2.79. The Morgan fingerprint density at radius 2 is 1.79 bits per heavy atom. The first kappa shape index (κ1) is 20.0. The predicted molar refractivity (Wildman–Crippen MR) is 92.7 cm³/mol. The molecule has 6 nitrogen and oxygen atoms in total. The van der Waals surface area contributed by atoms with E-state index < -0.39 is 17.7 Å². The van der Waals surface area contributed by atoms with E-state index in [1.54, 1.807) is 6.92 Å². The van der Waals surface area contributed by atoms with Crippen LogP contribution in [-0.2, 0) is 14.3 Å². The molecule has 0 heterocycles. The molecule has 1 aromatic rings. The van der Waals surface area contributed by atoms with Gasteiger partial charge in [-0.1, -0.05) is 30.3 Å². The Kier molecular flexibility index (Phi) is 7.71. The molecule has 0 aliphatic rings. The number of esters is 1. The third kappa shape index (κ3) is 7.46. The van der Waals surface area contributed by atoms with E-state index in [1.807, 2.05) is 51.1 Å². The lowest BCUT2D eigenvalue weighted by Gasteiger charge is -2.24. The van der Waals surface area contributed by atoms with Crippen LogP contribution >= 0.6 is 0 Å². The minimum Gasteiger partial charge on any atom is -0.468 e. The summed E-state index contributed by atoms with van der Waals surface area (Å²) >= 11 is 0. The van der Waals surface area contributed by atoms with Crippen LogP contribution in [0.3, 0.4) is 0 Å². The topological polar surface area (TPSA) is 76.7 Å². The molecule has 0 aliphatic heterocycles. The molecular weight excluding hydrogens is 308 g/mol. The van der Waals surface area contributed by atoms with Crippen molar-refractivity contribution >= 4 is 12.1 Å². The Hall–Kier alpha value is -2.08. The van der Waals surface area contributed by atoms with E-state index in [1.165, 1.54) is 7.11 Å². The number of hydrogen-bond acceptors (Lipinski definition) is 5. The number of nitrogens with one attached hydrogen (secondary N) is 2. The lowest BCUT2D eigenvalue weighted by Crippen LogP contribution is -2.39. The molecule has 0 bridgehead atoms. The summed E-state index contributed by atoms with van der Waals surface area (Å²) in [4.78, 5) is 23.5. The van der Waals surface area contributed by atoms with E-state index in [2.05, 4.69) is 15.4 Å². The minimum atomic E-state index is -0.553. The smallest absolute Gasteiger partial charge is 0.408 e. The molecule has 0 saturated carbocycles. The summed E-state index contributed by atoms with van der Waals surface area (Å²) in [6, 6.07) is 9.06. The molecule has 2 unspecified atom stereocenters. The van der Waals surface area contributed by atoms with Crippen LogP contribution in [0, 0.1) is 0 Å². The van der Waals surface area contributed by atoms with Gasteiger partial charge in [0.05, 0.1) is 13.2 Å². The molecule has 0 aromatic heterocycles. The number of ether oxygens (including phenoxy) is 2. The van der Waals surface area contributed by atoms with Crippen LogP contribution in [0.15, 0.2) is 30.3 Å². The molecule has 134 valence electrons. The van der Waals surface area contributed by atoms with E-state index in [0.29, 0.717) is 13.0 Å². The van der Waals surface area contributed by atoms with Crippen molar-refractivity contribution in [1.82, 2.24) is 10.6 Å². The zero-order valence-electron chi connectivity index (χ0n) is 15.1. The highest BCUT2D eigenvalue weighted by molar-refractivity contribution is 5.75.